The van der Waals surface area contributed by atoms with Gasteiger partial charge in [0.1, 0.15) is 0 Å². The van der Waals surface area contributed by atoms with Crippen molar-refractivity contribution in [1.29, 1.82) is 0 Å². The van der Waals surface area contributed by atoms with Crippen LogP contribution in [0.15, 0.2) is 48.5 Å². The van der Waals surface area contributed by atoms with Gasteiger partial charge in [0.25, 0.3) is 11.6 Å². The van der Waals surface area contributed by atoms with Crippen LogP contribution < -0.4 is 5.32 Å². The highest BCUT2D eigenvalue weighted by Crippen LogP contribution is 2.23. The van der Waals surface area contributed by atoms with Crippen molar-refractivity contribution < 1.29 is 9.72 Å². The van der Waals surface area contributed by atoms with Crippen LogP contribution in [0.25, 0.3) is 5.69 Å². The number of nitro benzene ring substituents is 1. The van der Waals surface area contributed by atoms with Crippen LogP contribution in [0, 0.1) is 30.9 Å². The van der Waals surface area contributed by atoms with Crippen molar-refractivity contribution in [2.45, 2.75) is 20.8 Å². The fourth-order valence-electron chi connectivity index (χ4n) is 2.73. The summed E-state index contributed by atoms with van der Waals surface area (Å²) in [5.41, 5.74) is 4.15. The van der Waals surface area contributed by atoms with Crippen molar-refractivity contribution in [2.24, 2.45) is 0 Å². The second-order valence-corrected chi connectivity index (χ2v) is 6.10. The van der Waals surface area contributed by atoms with Crippen LogP contribution in [0.2, 0.25) is 0 Å². The molecule has 3 rings (SSSR count). The zero-order valence-corrected chi connectivity index (χ0v) is 14.7. The predicted molar refractivity (Wildman–Crippen MR) is 98.8 cm³/mol. The standard InChI is InChI=1S/C19H18N4O3/c1-12-4-7-16(11-18(12)23(25)26)20-19(24)15-5-8-17(9-6-15)22-14(3)10-13(2)21-22/h4-11H,1-3H3,(H,20,24). The molecule has 26 heavy (non-hydrogen) atoms. The highest BCUT2D eigenvalue weighted by Gasteiger charge is 2.13. The van der Waals surface area contributed by atoms with E-state index in [-0.39, 0.29) is 11.6 Å². The van der Waals surface area contributed by atoms with Gasteiger partial charge >= 0.3 is 0 Å². The molecule has 1 N–H and O–H groups in total. The smallest absolute Gasteiger partial charge is 0.274 e. The Labute approximate surface area is 150 Å². The van der Waals surface area contributed by atoms with Crippen molar-refractivity contribution in [1.82, 2.24) is 9.78 Å². The summed E-state index contributed by atoms with van der Waals surface area (Å²) in [6, 6.07) is 13.6. The Morgan fingerprint density at radius 3 is 2.35 bits per heavy atom. The molecule has 0 aliphatic carbocycles. The summed E-state index contributed by atoms with van der Waals surface area (Å²) in [5.74, 6) is -0.330. The quantitative estimate of drug-likeness (QED) is 0.570. The summed E-state index contributed by atoms with van der Waals surface area (Å²) < 4.78 is 1.81. The Morgan fingerprint density at radius 2 is 1.77 bits per heavy atom. The Hall–Kier alpha value is -3.48. The molecule has 0 radical (unpaired) electrons. The SMILES string of the molecule is Cc1cc(C)n(-c2ccc(C(=O)Nc3ccc(C)c([N+](=O)[O-])c3)cc2)n1. The van der Waals surface area contributed by atoms with Gasteiger partial charge in [-0.25, -0.2) is 4.68 Å². The first-order valence-corrected chi connectivity index (χ1v) is 8.05. The van der Waals surface area contributed by atoms with Crippen LogP contribution in [0.4, 0.5) is 11.4 Å². The normalized spacial score (nSPS) is 10.6. The topological polar surface area (TPSA) is 90.1 Å². The van der Waals surface area contributed by atoms with Crippen molar-refractivity contribution in [3.8, 4) is 5.69 Å². The van der Waals surface area contributed by atoms with Gasteiger partial charge in [0.2, 0.25) is 0 Å². The molecule has 132 valence electrons. The number of aryl methyl sites for hydroxylation is 3. The molecular weight excluding hydrogens is 332 g/mol. The first-order chi connectivity index (χ1) is 12.3. The van der Waals surface area contributed by atoms with E-state index in [4.69, 9.17) is 0 Å². The maximum absolute atomic E-state index is 12.4. The summed E-state index contributed by atoms with van der Waals surface area (Å²) >= 11 is 0. The minimum atomic E-state index is -0.464. The highest BCUT2D eigenvalue weighted by atomic mass is 16.6. The lowest BCUT2D eigenvalue weighted by atomic mass is 10.1. The maximum Gasteiger partial charge on any atom is 0.274 e. The third kappa shape index (κ3) is 3.46. The fraction of sp³-hybridized carbons (Fsp3) is 0.158. The molecule has 0 atom stereocenters. The first kappa shape index (κ1) is 17.3. The van der Waals surface area contributed by atoms with Crippen molar-refractivity contribution in [3.63, 3.8) is 0 Å². The van der Waals surface area contributed by atoms with Crippen molar-refractivity contribution in [3.05, 3.63) is 81.2 Å². The zero-order chi connectivity index (χ0) is 18.8. The van der Waals surface area contributed by atoms with Crippen LogP contribution in [0.1, 0.15) is 27.3 Å². The van der Waals surface area contributed by atoms with E-state index < -0.39 is 4.92 Å². The number of hydrogen-bond acceptors (Lipinski definition) is 4. The van der Waals surface area contributed by atoms with Gasteiger partial charge in [0, 0.05) is 28.6 Å². The molecule has 2 aromatic carbocycles. The molecule has 1 aromatic heterocycles. The van der Waals surface area contributed by atoms with Gasteiger partial charge in [-0.3, -0.25) is 14.9 Å². The number of amides is 1. The van der Waals surface area contributed by atoms with Gasteiger partial charge in [-0.05, 0) is 57.2 Å². The molecule has 7 nitrogen and oxygen atoms in total. The molecule has 0 bridgehead atoms. The fourth-order valence-corrected chi connectivity index (χ4v) is 2.73. The largest absolute Gasteiger partial charge is 0.322 e. The maximum atomic E-state index is 12.4. The number of nitro groups is 1. The number of hydrogen-bond donors (Lipinski definition) is 1. The third-order valence-electron chi connectivity index (χ3n) is 4.05. The van der Waals surface area contributed by atoms with Crippen LogP contribution in [0.5, 0.6) is 0 Å². The lowest BCUT2D eigenvalue weighted by molar-refractivity contribution is -0.385. The number of nitrogens with one attached hydrogen (secondary N) is 1. The molecule has 1 amide bonds. The van der Waals surface area contributed by atoms with E-state index in [1.54, 1.807) is 35.9 Å². The summed E-state index contributed by atoms with van der Waals surface area (Å²) in [6.45, 7) is 5.54. The van der Waals surface area contributed by atoms with E-state index in [2.05, 4.69) is 10.4 Å². The lowest BCUT2D eigenvalue weighted by Gasteiger charge is -2.08. The summed E-state index contributed by atoms with van der Waals surface area (Å²) in [7, 11) is 0. The average molecular weight is 350 g/mol. The summed E-state index contributed by atoms with van der Waals surface area (Å²) in [4.78, 5) is 22.9. The van der Waals surface area contributed by atoms with E-state index in [0.717, 1.165) is 17.1 Å². The molecule has 0 fully saturated rings. The molecular formula is C19H18N4O3. The average Bonchev–Trinajstić information content (AvgIpc) is 2.94. The molecule has 3 aromatic rings. The minimum Gasteiger partial charge on any atom is -0.322 e. The third-order valence-corrected chi connectivity index (χ3v) is 4.05. The first-order valence-electron chi connectivity index (χ1n) is 8.05. The van der Waals surface area contributed by atoms with Gasteiger partial charge in [-0.1, -0.05) is 6.07 Å². The Balaban J connectivity index is 1.79. The van der Waals surface area contributed by atoms with E-state index in [9.17, 15) is 14.9 Å². The molecule has 7 heteroatoms. The van der Waals surface area contributed by atoms with E-state index in [0.29, 0.717) is 16.8 Å². The van der Waals surface area contributed by atoms with Crippen LogP contribution in [-0.4, -0.2) is 20.6 Å². The number of anilines is 1. The Bertz CT molecular complexity index is 991. The van der Waals surface area contributed by atoms with Crippen LogP contribution >= 0.6 is 0 Å². The van der Waals surface area contributed by atoms with Gasteiger partial charge in [0.05, 0.1) is 16.3 Å². The number of nitrogens with zero attached hydrogens (tertiary/aromatic N) is 3. The van der Waals surface area contributed by atoms with Crippen LogP contribution in [-0.2, 0) is 0 Å². The molecule has 0 saturated carbocycles. The summed E-state index contributed by atoms with van der Waals surface area (Å²) in [5, 5.41) is 18.1. The second kappa shape index (κ2) is 6.79. The zero-order valence-electron chi connectivity index (χ0n) is 14.7. The van der Waals surface area contributed by atoms with E-state index >= 15 is 0 Å². The lowest BCUT2D eigenvalue weighted by Crippen LogP contribution is -2.12. The van der Waals surface area contributed by atoms with Gasteiger partial charge in [-0.2, -0.15) is 5.10 Å². The number of benzene rings is 2. The Morgan fingerprint density at radius 1 is 1.08 bits per heavy atom. The van der Waals surface area contributed by atoms with Crippen molar-refractivity contribution in [2.75, 3.05) is 5.32 Å². The second-order valence-electron chi connectivity index (χ2n) is 6.10. The summed E-state index contributed by atoms with van der Waals surface area (Å²) in [6.07, 6.45) is 0. The Kier molecular flexibility index (Phi) is 4.53. The van der Waals surface area contributed by atoms with Crippen LogP contribution in [0.3, 0.4) is 0 Å². The predicted octanol–water partition coefficient (Wildman–Crippen LogP) is 3.96. The van der Waals surface area contributed by atoms with Gasteiger partial charge in [-0.15, -0.1) is 0 Å². The van der Waals surface area contributed by atoms with Gasteiger partial charge < -0.3 is 5.32 Å². The number of carbonyl (C=O) groups excluding carboxylic acids is 1. The minimum absolute atomic E-state index is 0.0253. The highest BCUT2D eigenvalue weighted by molar-refractivity contribution is 6.04. The number of aromatic nitrogens is 2. The number of carbonyl (C=O) groups is 1. The molecule has 0 unspecified atom stereocenters. The van der Waals surface area contributed by atoms with E-state index in [1.807, 2.05) is 32.0 Å². The van der Waals surface area contributed by atoms with Gasteiger partial charge in [0.15, 0.2) is 0 Å². The molecule has 0 spiro atoms. The molecule has 0 saturated heterocycles. The van der Waals surface area contributed by atoms with Crippen molar-refractivity contribution >= 4 is 17.3 Å². The molecule has 1 heterocycles. The van der Waals surface area contributed by atoms with E-state index in [1.165, 1.54) is 6.07 Å². The molecule has 0 aliphatic heterocycles. The molecule has 0 aliphatic rings. The monoisotopic (exact) mass is 350 g/mol. The number of rotatable bonds is 4.